The zero-order valence-corrected chi connectivity index (χ0v) is 11.6. The highest BCUT2D eigenvalue weighted by atomic mass is 79.9. The van der Waals surface area contributed by atoms with Gasteiger partial charge in [0.25, 0.3) is 0 Å². The highest BCUT2D eigenvalue weighted by Crippen LogP contribution is 2.05. The molecule has 94 valence electrons. The smallest absolute Gasteiger partial charge is 0.248 e. The lowest BCUT2D eigenvalue weighted by molar-refractivity contribution is -0.136. The minimum absolute atomic E-state index is 0.0372. The molecule has 0 saturated heterocycles. The second kappa shape index (κ2) is 8.25. The van der Waals surface area contributed by atoms with Crippen LogP contribution in [0.3, 0.4) is 0 Å². The molecule has 4 heteroatoms. The first-order valence-corrected chi connectivity index (χ1v) is 6.85. The van der Waals surface area contributed by atoms with E-state index in [9.17, 15) is 4.79 Å². The topological polar surface area (TPSA) is 29.5 Å². The molecule has 0 N–H and O–H groups in total. The van der Waals surface area contributed by atoms with E-state index in [1.54, 1.807) is 4.90 Å². The summed E-state index contributed by atoms with van der Waals surface area (Å²) in [7, 11) is 0. The summed E-state index contributed by atoms with van der Waals surface area (Å²) in [5.41, 5.74) is 1.14. The number of alkyl halides is 1. The molecule has 0 fully saturated rings. The van der Waals surface area contributed by atoms with Crippen molar-refractivity contribution in [2.24, 2.45) is 0 Å². The number of benzene rings is 1. The lowest BCUT2D eigenvalue weighted by atomic mass is 10.2. The minimum Gasteiger partial charge on any atom is -0.372 e. The molecule has 0 atom stereocenters. The number of hydrogen-bond donors (Lipinski definition) is 0. The van der Waals surface area contributed by atoms with E-state index in [1.807, 2.05) is 37.3 Å². The summed E-state index contributed by atoms with van der Waals surface area (Å²) >= 11 is 3.37. The van der Waals surface area contributed by atoms with Gasteiger partial charge in [0.05, 0.1) is 0 Å². The maximum Gasteiger partial charge on any atom is 0.248 e. The van der Waals surface area contributed by atoms with Crippen LogP contribution in [0.2, 0.25) is 0 Å². The van der Waals surface area contributed by atoms with Gasteiger partial charge < -0.3 is 9.64 Å². The number of ether oxygens (including phenoxy) is 1. The van der Waals surface area contributed by atoms with Crippen LogP contribution >= 0.6 is 15.9 Å². The molecule has 17 heavy (non-hydrogen) atoms. The second-order valence-electron chi connectivity index (χ2n) is 3.63. The van der Waals surface area contributed by atoms with Gasteiger partial charge in [-0.15, -0.1) is 0 Å². The number of carbonyl (C=O) groups is 1. The van der Waals surface area contributed by atoms with Gasteiger partial charge in [-0.2, -0.15) is 0 Å². The molecule has 1 amide bonds. The molecular formula is C13H18BrNO2. The summed E-state index contributed by atoms with van der Waals surface area (Å²) in [6.45, 7) is 3.95. The molecule has 1 aromatic rings. The van der Waals surface area contributed by atoms with E-state index in [0.29, 0.717) is 19.7 Å². The summed E-state index contributed by atoms with van der Waals surface area (Å²) in [5.74, 6) is 0.0372. The maximum atomic E-state index is 11.9. The van der Waals surface area contributed by atoms with Gasteiger partial charge in [-0.3, -0.25) is 4.79 Å². The van der Waals surface area contributed by atoms with Gasteiger partial charge >= 0.3 is 0 Å². The zero-order valence-electron chi connectivity index (χ0n) is 10.1. The average Bonchev–Trinajstić information content (AvgIpc) is 2.36. The van der Waals surface area contributed by atoms with Crippen molar-refractivity contribution in [2.75, 3.05) is 25.1 Å². The summed E-state index contributed by atoms with van der Waals surface area (Å²) in [6.07, 6.45) is 0. The monoisotopic (exact) mass is 299 g/mol. The van der Waals surface area contributed by atoms with Crippen molar-refractivity contribution in [3.05, 3.63) is 35.9 Å². The van der Waals surface area contributed by atoms with Crippen molar-refractivity contribution in [1.82, 2.24) is 4.90 Å². The molecular weight excluding hydrogens is 282 g/mol. The van der Waals surface area contributed by atoms with Crippen LogP contribution in [0.15, 0.2) is 30.3 Å². The Balaban J connectivity index is 2.56. The van der Waals surface area contributed by atoms with Crippen molar-refractivity contribution in [3.63, 3.8) is 0 Å². The van der Waals surface area contributed by atoms with E-state index in [-0.39, 0.29) is 12.5 Å². The largest absolute Gasteiger partial charge is 0.372 e. The summed E-state index contributed by atoms with van der Waals surface area (Å²) in [4.78, 5) is 13.7. The Bertz CT molecular complexity index is 329. The predicted molar refractivity (Wildman–Crippen MR) is 72.1 cm³/mol. The standard InChI is InChI=1S/C13H18BrNO2/c1-2-17-11-13(16)15(9-8-14)10-12-6-4-3-5-7-12/h3-7H,2,8-11H2,1H3. The third-order valence-electron chi connectivity index (χ3n) is 2.35. The Morgan fingerprint density at radius 1 is 1.35 bits per heavy atom. The van der Waals surface area contributed by atoms with Crippen molar-refractivity contribution in [1.29, 1.82) is 0 Å². The van der Waals surface area contributed by atoms with E-state index in [4.69, 9.17) is 4.74 Å². The van der Waals surface area contributed by atoms with Crippen LogP contribution in [0, 0.1) is 0 Å². The van der Waals surface area contributed by atoms with Crippen LogP contribution in [0.25, 0.3) is 0 Å². The van der Waals surface area contributed by atoms with Crippen LogP contribution in [-0.4, -0.2) is 35.9 Å². The fourth-order valence-corrected chi connectivity index (χ4v) is 1.91. The molecule has 0 aliphatic rings. The summed E-state index contributed by atoms with van der Waals surface area (Å²) < 4.78 is 5.15. The molecule has 0 radical (unpaired) electrons. The SMILES string of the molecule is CCOCC(=O)N(CCBr)Cc1ccccc1. The first-order chi connectivity index (χ1) is 8.27. The number of halogens is 1. The maximum absolute atomic E-state index is 11.9. The van der Waals surface area contributed by atoms with Gasteiger partial charge in [-0.25, -0.2) is 0 Å². The van der Waals surface area contributed by atoms with Gasteiger partial charge in [-0.1, -0.05) is 46.3 Å². The lowest BCUT2D eigenvalue weighted by Gasteiger charge is -2.21. The molecule has 1 aromatic carbocycles. The van der Waals surface area contributed by atoms with Crippen LogP contribution in [0.5, 0.6) is 0 Å². The van der Waals surface area contributed by atoms with Crippen molar-refractivity contribution in [3.8, 4) is 0 Å². The quantitative estimate of drug-likeness (QED) is 0.724. The number of hydrogen-bond acceptors (Lipinski definition) is 2. The van der Waals surface area contributed by atoms with E-state index < -0.39 is 0 Å². The van der Waals surface area contributed by atoms with E-state index in [0.717, 1.165) is 10.9 Å². The van der Waals surface area contributed by atoms with E-state index >= 15 is 0 Å². The molecule has 0 aromatic heterocycles. The molecule has 0 aliphatic heterocycles. The Morgan fingerprint density at radius 2 is 2.06 bits per heavy atom. The Hall–Kier alpha value is -0.870. The van der Waals surface area contributed by atoms with E-state index in [1.165, 1.54) is 0 Å². The third-order valence-corrected chi connectivity index (χ3v) is 2.71. The molecule has 1 rings (SSSR count). The highest BCUT2D eigenvalue weighted by molar-refractivity contribution is 9.09. The minimum atomic E-state index is 0.0372. The van der Waals surface area contributed by atoms with Gasteiger partial charge in [0.15, 0.2) is 0 Å². The fraction of sp³-hybridized carbons (Fsp3) is 0.462. The van der Waals surface area contributed by atoms with E-state index in [2.05, 4.69) is 15.9 Å². The fourth-order valence-electron chi connectivity index (χ4n) is 1.48. The van der Waals surface area contributed by atoms with Crippen molar-refractivity contribution < 1.29 is 9.53 Å². The van der Waals surface area contributed by atoms with Crippen LogP contribution in [0.4, 0.5) is 0 Å². The van der Waals surface area contributed by atoms with Crippen molar-refractivity contribution >= 4 is 21.8 Å². The molecule has 3 nitrogen and oxygen atoms in total. The molecule has 0 aliphatic carbocycles. The second-order valence-corrected chi connectivity index (χ2v) is 4.42. The van der Waals surface area contributed by atoms with Crippen molar-refractivity contribution in [2.45, 2.75) is 13.5 Å². The molecule has 0 heterocycles. The van der Waals surface area contributed by atoms with Gasteiger partial charge in [-0.05, 0) is 12.5 Å². The number of nitrogens with zero attached hydrogens (tertiary/aromatic N) is 1. The van der Waals surface area contributed by atoms with Crippen LogP contribution < -0.4 is 0 Å². The predicted octanol–water partition coefficient (Wildman–Crippen LogP) is 2.45. The number of amides is 1. The van der Waals surface area contributed by atoms with Gasteiger partial charge in [0, 0.05) is 25.0 Å². The first kappa shape index (κ1) is 14.2. The summed E-state index contributed by atoms with van der Waals surface area (Å²) in [5, 5.41) is 0.775. The molecule has 0 bridgehead atoms. The normalized spacial score (nSPS) is 10.2. The zero-order chi connectivity index (χ0) is 12.5. The van der Waals surface area contributed by atoms with Crippen LogP contribution in [-0.2, 0) is 16.1 Å². The third kappa shape index (κ3) is 5.33. The Labute approximate surface area is 111 Å². The molecule has 0 unspecified atom stereocenters. The van der Waals surface area contributed by atoms with Crippen LogP contribution in [0.1, 0.15) is 12.5 Å². The van der Waals surface area contributed by atoms with Gasteiger partial charge in [0.1, 0.15) is 6.61 Å². The first-order valence-electron chi connectivity index (χ1n) is 5.73. The Morgan fingerprint density at radius 3 is 2.65 bits per heavy atom. The van der Waals surface area contributed by atoms with Gasteiger partial charge in [0.2, 0.25) is 5.91 Å². The summed E-state index contributed by atoms with van der Waals surface area (Å²) in [6, 6.07) is 9.98. The lowest BCUT2D eigenvalue weighted by Crippen LogP contribution is -2.35. The Kier molecular flexibility index (Phi) is 6.89. The highest BCUT2D eigenvalue weighted by Gasteiger charge is 2.12. The number of rotatable bonds is 7. The number of carbonyl (C=O) groups excluding carboxylic acids is 1. The average molecular weight is 300 g/mol. The molecule has 0 saturated carbocycles. The molecule has 0 spiro atoms.